The second kappa shape index (κ2) is 7.37. The van der Waals surface area contributed by atoms with Crippen molar-refractivity contribution >= 4 is 17.2 Å². The second-order valence-electron chi connectivity index (χ2n) is 5.83. The largest absolute Gasteiger partial charge is 0.340 e. The van der Waals surface area contributed by atoms with Crippen LogP contribution in [0, 0.1) is 0 Å². The summed E-state index contributed by atoms with van der Waals surface area (Å²) < 4.78 is 1.76. The summed E-state index contributed by atoms with van der Waals surface area (Å²) >= 11 is 1.64. The van der Waals surface area contributed by atoms with Crippen molar-refractivity contribution in [3.05, 3.63) is 107 Å². The van der Waals surface area contributed by atoms with Crippen LogP contribution < -0.4 is 5.32 Å². The van der Waals surface area contributed by atoms with Crippen LogP contribution in [0.4, 0.5) is 0 Å². The molecular weight excluding hydrogens is 342 g/mol. The van der Waals surface area contributed by atoms with Crippen LogP contribution in [0.5, 0.6) is 0 Å². The molecule has 0 saturated carbocycles. The van der Waals surface area contributed by atoms with E-state index in [9.17, 15) is 4.79 Å². The first-order valence-corrected chi connectivity index (χ1v) is 9.18. The molecule has 0 aliphatic heterocycles. The zero-order chi connectivity index (χ0) is 17.8. The van der Waals surface area contributed by atoms with Crippen LogP contribution >= 0.6 is 11.3 Å². The highest BCUT2D eigenvalue weighted by atomic mass is 32.1. The minimum absolute atomic E-state index is 0.0979. The number of hydrogen-bond donors (Lipinski definition) is 1. The Morgan fingerprint density at radius 3 is 2.42 bits per heavy atom. The highest BCUT2D eigenvalue weighted by Gasteiger charge is 2.18. The number of rotatable bonds is 5. The van der Waals surface area contributed by atoms with Gasteiger partial charge in [0.05, 0.1) is 11.7 Å². The summed E-state index contributed by atoms with van der Waals surface area (Å²) in [6.07, 6.45) is 3.60. The molecule has 1 N–H and O–H groups in total. The molecule has 1 unspecified atom stereocenters. The number of carbonyl (C=O) groups is 1. The molecule has 0 aliphatic rings. The predicted molar refractivity (Wildman–Crippen MR) is 104 cm³/mol. The van der Waals surface area contributed by atoms with Crippen molar-refractivity contribution in [3.63, 3.8) is 0 Å². The molecule has 0 fully saturated rings. The van der Waals surface area contributed by atoms with Gasteiger partial charge in [0.15, 0.2) is 0 Å². The van der Waals surface area contributed by atoms with Crippen molar-refractivity contribution in [2.45, 2.75) is 6.04 Å². The predicted octanol–water partition coefficient (Wildman–Crippen LogP) is 4.45. The first-order chi connectivity index (χ1) is 12.8. The van der Waals surface area contributed by atoms with Gasteiger partial charge in [0.25, 0.3) is 5.91 Å². The standard InChI is InChI=1S/C21H17N3OS/c25-21(17-9-11-18(12-10-17)24-14-5-13-22-24)23-20(19-8-4-15-26-19)16-6-2-1-3-7-16/h1-15,20H,(H,23,25). The molecule has 1 atom stereocenters. The number of benzene rings is 2. The van der Waals surface area contributed by atoms with E-state index in [1.54, 1.807) is 22.2 Å². The molecule has 4 aromatic rings. The van der Waals surface area contributed by atoms with E-state index < -0.39 is 0 Å². The highest BCUT2D eigenvalue weighted by molar-refractivity contribution is 7.10. The summed E-state index contributed by atoms with van der Waals surface area (Å²) in [5.74, 6) is -0.0979. The van der Waals surface area contributed by atoms with Crippen LogP contribution in [0.1, 0.15) is 26.8 Å². The van der Waals surface area contributed by atoms with E-state index in [-0.39, 0.29) is 11.9 Å². The molecule has 4 nitrogen and oxygen atoms in total. The summed E-state index contributed by atoms with van der Waals surface area (Å²) in [5.41, 5.74) is 2.61. The van der Waals surface area contributed by atoms with E-state index in [1.807, 2.05) is 84.4 Å². The van der Waals surface area contributed by atoms with Gasteiger partial charge in [0.1, 0.15) is 0 Å². The minimum atomic E-state index is -0.158. The van der Waals surface area contributed by atoms with Gasteiger partial charge in [-0.15, -0.1) is 11.3 Å². The summed E-state index contributed by atoms with van der Waals surface area (Å²) in [6.45, 7) is 0. The van der Waals surface area contributed by atoms with Crippen molar-refractivity contribution in [1.29, 1.82) is 0 Å². The van der Waals surface area contributed by atoms with Gasteiger partial charge < -0.3 is 5.32 Å². The van der Waals surface area contributed by atoms with Crippen molar-refractivity contribution in [1.82, 2.24) is 15.1 Å². The quantitative estimate of drug-likeness (QED) is 0.572. The summed E-state index contributed by atoms with van der Waals surface area (Å²) in [7, 11) is 0. The Kier molecular flexibility index (Phi) is 4.62. The Morgan fingerprint density at radius 2 is 1.77 bits per heavy atom. The van der Waals surface area contributed by atoms with Gasteiger partial charge in [-0.25, -0.2) is 4.68 Å². The van der Waals surface area contributed by atoms with Crippen LogP contribution in [0.15, 0.2) is 90.6 Å². The van der Waals surface area contributed by atoms with Crippen molar-refractivity contribution in [3.8, 4) is 5.69 Å². The molecule has 5 heteroatoms. The SMILES string of the molecule is O=C(NC(c1ccccc1)c1cccs1)c1ccc(-n2cccn2)cc1. The lowest BCUT2D eigenvalue weighted by Gasteiger charge is -2.18. The number of nitrogens with one attached hydrogen (secondary N) is 1. The Hall–Kier alpha value is -3.18. The lowest BCUT2D eigenvalue weighted by atomic mass is 10.0. The summed E-state index contributed by atoms with van der Waals surface area (Å²) in [5, 5.41) is 9.38. The molecule has 2 heterocycles. The van der Waals surface area contributed by atoms with Crippen LogP contribution in [-0.4, -0.2) is 15.7 Å². The van der Waals surface area contributed by atoms with E-state index in [0.29, 0.717) is 5.56 Å². The lowest BCUT2D eigenvalue weighted by molar-refractivity contribution is 0.0943. The second-order valence-corrected chi connectivity index (χ2v) is 6.81. The highest BCUT2D eigenvalue weighted by Crippen LogP contribution is 2.26. The Balaban J connectivity index is 1.57. The van der Waals surface area contributed by atoms with E-state index in [1.165, 1.54) is 0 Å². The lowest BCUT2D eigenvalue weighted by Crippen LogP contribution is -2.28. The fourth-order valence-corrected chi connectivity index (χ4v) is 3.62. The molecule has 128 valence electrons. The average Bonchev–Trinajstić information content (AvgIpc) is 3.41. The zero-order valence-electron chi connectivity index (χ0n) is 13.9. The molecule has 2 aromatic carbocycles. The van der Waals surface area contributed by atoms with E-state index in [2.05, 4.69) is 10.4 Å². The van der Waals surface area contributed by atoms with Crippen molar-refractivity contribution < 1.29 is 4.79 Å². The maximum absolute atomic E-state index is 12.8. The number of carbonyl (C=O) groups excluding carboxylic acids is 1. The Bertz CT molecular complexity index is 962. The number of hydrogen-bond acceptors (Lipinski definition) is 3. The smallest absolute Gasteiger partial charge is 0.252 e. The first-order valence-electron chi connectivity index (χ1n) is 8.30. The van der Waals surface area contributed by atoms with Crippen molar-refractivity contribution in [2.75, 3.05) is 0 Å². The average molecular weight is 359 g/mol. The van der Waals surface area contributed by atoms with Crippen LogP contribution in [0.2, 0.25) is 0 Å². The summed E-state index contributed by atoms with van der Waals surface area (Å²) in [4.78, 5) is 13.9. The number of thiophene rings is 1. The third-order valence-corrected chi connectivity index (χ3v) is 5.07. The van der Waals surface area contributed by atoms with Crippen LogP contribution in [-0.2, 0) is 0 Å². The Labute approximate surface area is 155 Å². The molecule has 0 saturated heterocycles. The van der Waals surface area contributed by atoms with Gasteiger partial charge in [-0.3, -0.25) is 4.79 Å². The molecular formula is C21H17N3OS. The van der Waals surface area contributed by atoms with Crippen LogP contribution in [0.25, 0.3) is 5.69 Å². The van der Waals surface area contributed by atoms with Gasteiger partial charge in [0, 0.05) is 22.8 Å². The van der Waals surface area contributed by atoms with Crippen molar-refractivity contribution in [2.24, 2.45) is 0 Å². The molecule has 0 spiro atoms. The summed E-state index contributed by atoms with van der Waals surface area (Å²) in [6, 6.07) is 23.2. The fourth-order valence-electron chi connectivity index (χ4n) is 2.82. The van der Waals surface area contributed by atoms with Gasteiger partial charge >= 0.3 is 0 Å². The molecule has 0 bridgehead atoms. The monoisotopic (exact) mass is 359 g/mol. The maximum Gasteiger partial charge on any atom is 0.252 e. The number of aromatic nitrogens is 2. The normalized spacial score (nSPS) is 11.8. The molecule has 0 aliphatic carbocycles. The van der Waals surface area contributed by atoms with E-state index in [0.717, 1.165) is 16.1 Å². The third-order valence-electron chi connectivity index (χ3n) is 4.13. The number of nitrogens with zero attached hydrogens (tertiary/aromatic N) is 2. The fraction of sp³-hybridized carbons (Fsp3) is 0.0476. The molecule has 26 heavy (non-hydrogen) atoms. The minimum Gasteiger partial charge on any atom is -0.340 e. The third kappa shape index (κ3) is 3.43. The Morgan fingerprint density at radius 1 is 0.962 bits per heavy atom. The van der Waals surface area contributed by atoms with E-state index in [4.69, 9.17) is 0 Å². The van der Waals surface area contributed by atoms with Gasteiger partial charge in [0.2, 0.25) is 0 Å². The maximum atomic E-state index is 12.8. The topological polar surface area (TPSA) is 46.9 Å². The molecule has 4 rings (SSSR count). The molecule has 0 radical (unpaired) electrons. The van der Waals surface area contributed by atoms with E-state index >= 15 is 0 Å². The van der Waals surface area contributed by atoms with Gasteiger partial charge in [-0.1, -0.05) is 36.4 Å². The molecule has 2 aromatic heterocycles. The molecule has 1 amide bonds. The van der Waals surface area contributed by atoms with Gasteiger partial charge in [-0.05, 0) is 47.3 Å². The number of amides is 1. The van der Waals surface area contributed by atoms with Gasteiger partial charge in [-0.2, -0.15) is 5.10 Å². The first kappa shape index (κ1) is 16.3. The zero-order valence-corrected chi connectivity index (χ0v) is 14.8. The van der Waals surface area contributed by atoms with Crippen LogP contribution in [0.3, 0.4) is 0 Å².